The molecule has 0 N–H and O–H groups in total. The smallest absolute Gasteiger partial charge is 0.500 e. The standard InChI is InChI=1S/C12H21O7P/c1-6-18-20(14,17-5)8-7-10(2)11(9-15-3)19-12(13)16-4/h7,9H,6,8H2,1-5H3. The van der Waals surface area contributed by atoms with Crippen LogP contribution >= 0.6 is 7.60 Å². The van der Waals surface area contributed by atoms with Crippen molar-refractivity contribution < 1.29 is 32.6 Å². The van der Waals surface area contributed by atoms with Crippen molar-refractivity contribution in [2.45, 2.75) is 13.8 Å². The van der Waals surface area contributed by atoms with Gasteiger partial charge in [-0.05, 0) is 19.4 Å². The minimum atomic E-state index is -3.17. The molecule has 0 aliphatic heterocycles. The Morgan fingerprint density at radius 1 is 1.25 bits per heavy atom. The predicted octanol–water partition coefficient (Wildman–Crippen LogP) is 3.08. The number of carbonyl (C=O) groups excluding carboxylic acids is 1. The van der Waals surface area contributed by atoms with Gasteiger partial charge in [0.1, 0.15) is 6.26 Å². The minimum absolute atomic E-state index is 0.0504. The highest BCUT2D eigenvalue weighted by molar-refractivity contribution is 7.54. The lowest BCUT2D eigenvalue weighted by atomic mass is 10.2. The quantitative estimate of drug-likeness (QED) is 0.295. The van der Waals surface area contributed by atoms with Crippen LogP contribution < -0.4 is 0 Å². The van der Waals surface area contributed by atoms with Gasteiger partial charge in [0.15, 0.2) is 5.76 Å². The van der Waals surface area contributed by atoms with Gasteiger partial charge in [-0.3, -0.25) is 4.57 Å². The summed E-state index contributed by atoms with van der Waals surface area (Å²) in [5.41, 5.74) is 0.536. The molecule has 0 aromatic carbocycles. The highest BCUT2D eigenvalue weighted by Gasteiger charge is 2.21. The predicted molar refractivity (Wildman–Crippen MR) is 73.4 cm³/mol. The van der Waals surface area contributed by atoms with Crippen molar-refractivity contribution in [1.29, 1.82) is 0 Å². The molecule has 0 aliphatic rings. The number of rotatable bonds is 8. The highest BCUT2D eigenvalue weighted by atomic mass is 31.2. The summed E-state index contributed by atoms with van der Waals surface area (Å²) in [6.45, 7) is 3.66. The van der Waals surface area contributed by atoms with Crippen LogP contribution in [0.4, 0.5) is 4.79 Å². The Labute approximate surface area is 119 Å². The molecule has 0 saturated heterocycles. The monoisotopic (exact) mass is 308 g/mol. The van der Waals surface area contributed by atoms with E-state index in [1.54, 1.807) is 19.9 Å². The zero-order valence-electron chi connectivity index (χ0n) is 12.4. The first-order valence-corrected chi connectivity index (χ1v) is 7.60. The Hall–Kier alpha value is -1.30. The second kappa shape index (κ2) is 9.58. The Bertz CT molecular complexity index is 414. The van der Waals surface area contributed by atoms with Crippen molar-refractivity contribution in [3.63, 3.8) is 0 Å². The molecule has 8 heteroatoms. The van der Waals surface area contributed by atoms with Gasteiger partial charge < -0.3 is 23.3 Å². The van der Waals surface area contributed by atoms with E-state index in [4.69, 9.17) is 18.5 Å². The van der Waals surface area contributed by atoms with Gasteiger partial charge in [-0.2, -0.15) is 0 Å². The van der Waals surface area contributed by atoms with E-state index in [9.17, 15) is 9.36 Å². The molecule has 7 nitrogen and oxygen atoms in total. The zero-order chi connectivity index (χ0) is 15.6. The molecule has 116 valence electrons. The maximum absolute atomic E-state index is 12.1. The van der Waals surface area contributed by atoms with E-state index in [0.29, 0.717) is 5.57 Å². The van der Waals surface area contributed by atoms with Crippen LogP contribution in [0.3, 0.4) is 0 Å². The molecular formula is C12H21O7P. The molecule has 0 heterocycles. The van der Waals surface area contributed by atoms with Crippen molar-refractivity contribution in [3.8, 4) is 0 Å². The molecule has 0 aromatic rings. The molecule has 0 rings (SSSR count). The molecule has 0 spiro atoms. The van der Waals surface area contributed by atoms with Crippen molar-refractivity contribution in [2.24, 2.45) is 0 Å². The summed E-state index contributed by atoms with van der Waals surface area (Å²) in [6, 6.07) is 0. The first-order chi connectivity index (χ1) is 9.42. The van der Waals surface area contributed by atoms with E-state index in [1.165, 1.54) is 27.6 Å². The van der Waals surface area contributed by atoms with Crippen LogP contribution in [0.2, 0.25) is 0 Å². The van der Waals surface area contributed by atoms with Crippen molar-refractivity contribution in [2.75, 3.05) is 34.1 Å². The van der Waals surface area contributed by atoms with Gasteiger partial charge in [0.25, 0.3) is 0 Å². The highest BCUT2D eigenvalue weighted by Crippen LogP contribution is 2.47. The Balaban J connectivity index is 4.93. The van der Waals surface area contributed by atoms with Crippen molar-refractivity contribution in [1.82, 2.24) is 0 Å². The number of hydrogen-bond donors (Lipinski definition) is 0. The van der Waals surface area contributed by atoms with Crippen LogP contribution in [-0.4, -0.2) is 40.3 Å². The summed E-state index contributed by atoms with van der Waals surface area (Å²) >= 11 is 0. The van der Waals surface area contributed by atoms with Crippen molar-refractivity contribution >= 4 is 13.8 Å². The van der Waals surface area contributed by atoms with Crippen LogP contribution in [0.15, 0.2) is 23.7 Å². The van der Waals surface area contributed by atoms with E-state index in [0.717, 1.165) is 0 Å². The number of carbonyl (C=O) groups is 1. The van der Waals surface area contributed by atoms with E-state index < -0.39 is 13.8 Å². The molecule has 0 bridgehead atoms. The van der Waals surface area contributed by atoms with E-state index >= 15 is 0 Å². The van der Waals surface area contributed by atoms with E-state index in [-0.39, 0.29) is 18.5 Å². The molecule has 20 heavy (non-hydrogen) atoms. The second-order valence-corrected chi connectivity index (χ2v) is 5.77. The van der Waals surface area contributed by atoms with Gasteiger partial charge >= 0.3 is 13.8 Å². The molecule has 0 fully saturated rings. The summed E-state index contributed by atoms with van der Waals surface area (Å²) < 4.78 is 36.1. The summed E-state index contributed by atoms with van der Waals surface area (Å²) in [6.07, 6.45) is 1.99. The summed E-state index contributed by atoms with van der Waals surface area (Å²) in [5, 5.41) is 0. The second-order valence-electron chi connectivity index (χ2n) is 3.55. The van der Waals surface area contributed by atoms with Crippen LogP contribution in [0.5, 0.6) is 0 Å². The zero-order valence-corrected chi connectivity index (χ0v) is 13.3. The van der Waals surface area contributed by atoms with Gasteiger partial charge in [-0.25, -0.2) is 4.79 Å². The summed E-state index contributed by atoms with van der Waals surface area (Å²) in [5.74, 6) is 0.151. The maximum Gasteiger partial charge on any atom is 0.513 e. The molecule has 0 aromatic heterocycles. The number of allylic oxidation sites excluding steroid dienone is 2. The third-order valence-corrected chi connectivity index (χ3v) is 4.04. The fourth-order valence-electron chi connectivity index (χ4n) is 1.16. The van der Waals surface area contributed by atoms with Crippen LogP contribution in [0.1, 0.15) is 13.8 Å². The van der Waals surface area contributed by atoms with Gasteiger partial charge in [-0.15, -0.1) is 0 Å². The lowest BCUT2D eigenvalue weighted by Gasteiger charge is -2.14. The third kappa shape index (κ3) is 6.75. The largest absolute Gasteiger partial charge is 0.513 e. The Morgan fingerprint density at radius 2 is 1.90 bits per heavy atom. The Kier molecular flexibility index (Phi) is 8.96. The lowest BCUT2D eigenvalue weighted by molar-refractivity contribution is 0.0960. The van der Waals surface area contributed by atoms with E-state index in [2.05, 4.69) is 4.74 Å². The van der Waals surface area contributed by atoms with Crippen LogP contribution in [0, 0.1) is 0 Å². The van der Waals surface area contributed by atoms with E-state index in [1.807, 2.05) is 0 Å². The molecule has 0 radical (unpaired) electrons. The fourth-order valence-corrected chi connectivity index (χ4v) is 2.41. The van der Waals surface area contributed by atoms with Gasteiger partial charge in [0, 0.05) is 7.11 Å². The third-order valence-electron chi connectivity index (χ3n) is 2.20. The molecule has 0 saturated carbocycles. The fraction of sp³-hybridized carbons (Fsp3) is 0.583. The molecule has 1 unspecified atom stereocenters. The molecule has 0 aliphatic carbocycles. The molecular weight excluding hydrogens is 287 g/mol. The first kappa shape index (κ1) is 18.7. The van der Waals surface area contributed by atoms with Crippen LogP contribution in [0.25, 0.3) is 0 Å². The summed E-state index contributed by atoms with van der Waals surface area (Å²) in [7, 11) is 0.751. The average molecular weight is 308 g/mol. The van der Waals surface area contributed by atoms with Gasteiger partial charge in [0.05, 0.1) is 27.0 Å². The molecule has 0 amide bonds. The average Bonchev–Trinajstić information content (AvgIpc) is 2.44. The lowest BCUT2D eigenvalue weighted by Crippen LogP contribution is -2.06. The normalized spacial score (nSPS) is 15.4. The number of ether oxygens (including phenoxy) is 3. The van der Waals surface area contributed by atoms with Crippen LogP contribution in [-0.2, 0) is 27.8 Å². The molecule has 1 atom stereocenters. The topological polar surface area (TPSA) is 80.3 Å². The van der Waals surface area contributed by atoms with Gasteiger partial charge in [0.2, 0.25) is 0 Å². The number of hydrogen-bond acceptors (Lipinski definition) is 7. The first-order valence-electron chi connectivity index (χ1n) is 5.87. The van der Waals surface area contributed by atoms with Gasteiger partial charge in [-0.1, -0.05) is 6.08 Å². The summed E-state index contributed by atoms with van der Waals surface area (Å²) in [4.78, 5) is 11.1. The maximum atomic E-state index is 12.1. The SMILES string of the molecule is CCOP(=O)(CC=C(C)C(=COC)OC(=O)OC)OC. The minimum Gasteiger partial charge on any atom is -0.500 e. The van der Waals surface area contributed by atoms with Crippen molar-refractivity contribution in [3.05, 3.63) is 23.7 Å². The Morgan fingerprint density at radius 3 is 2.35 bits per heavy atom. The number of methoxy groups -OCH3 is 2.